The van der Waals surface area contributed by atoms with E-state index in [0.717, 1.165) is 0 Å². The van der Waals surface area contributed by atoms with Crippen molar-refractivity contribution in [3.63, 3.8) is 0 Å². The number of sulfonamides is 1. The first-order valence-electron chi connectivity index (χ1n) is 10.5. The third-order valence-electron chi connectivity index (χ3n) is 5.59. The van der Waals surface area contributed by atoms with Gasteiger partial charge in [0, 0.05) is 16.8 Å². The van der Waals surface area contributed by atoms with Crippen molar-refractivity contribution in [2.24, 2.45) is 0 Å². The maximum absolute atomic E-state index is 13.7. The highest BCUT2D eigenvalue weighted by atomic mass is 35.5. The number of methoxy groups -OCH3 is 1. The van der Waals surface area contributed by atoms with E-state index >= 15 is 0 Å². The van der Waals surface area contributed by atoms with Crippen LogP contribution >= 0.6 is 23.8 Å². The van der Waals surface area contributed by atoms with Crippen LogP contribution in [0.2, 0.25) is 5.02 Å². The number of nitrogens with zero attached hydrogens (tertiary/aromatic N) is 1. The average molecular weight is 520 g/mol. The third kappa shape index (κ3) is 4.96. The summed E-state index contributed by atoms with van der Waals surface area (Å²) in [5.41, 5.74) is 2.41. The van der Waals surface area contributed by atoms with E-state index in [4.69, 9.17) is 28.6 Å². The van der Waals surface area contributed by atoms with Gasteiger partial charge in [-0.1, -0.05) is 11.6 Å². The third-order valence-corrected chi connectivity index (χ3v) is 7.97. The van der Waals surface area contributed by atoms with Crippen molar-refractivity contribution in [3.8, 4) is 5.75 Å². The summed E-state index contributed by atoms with van der Waals surface area (Å²) in [5.74, 6) is 0.201. The number of anilines is 3. The van der Waals surface area contributed by atoms with Crippen molar-refractivity contribution in [2.75, 3.05) is 22.0 Å². The van der Waals surface area contributed by atoms with E-state index in [0.29, 0.717) is 46.2 Å². The summed E-state index contributed by atoms with van der Waals surface area (Å²) in [6.07, 6.45) is 1.24. The average Bonchev–Trinajstić information content (AvgIpc) is 2.79. The van der Waals surface area contributed by atoms with Crippen LogP contribution in [0.3, 0.4) is 0 Å². The van der Waals surface area contributed by atoms with Gasteiger partial charge in [0.05, 0.1) is 23.4 Å². The number of aryl methyl sites for hydroxylation is 1. The Morgan fingerprint density at radius 1 is 1.12 bits per heavy atom. The second-order valence-corrected chi connectivity index (χ2v) is 10.6. The normalized spacial score (nSPS) is 15.4. The molecule has 1 aliphatic rings. The summed E-state index contributed by atoms with van der Waals surface area (Å²) >= 11 is 11.4. The molecule has 0 aromatic heterocycles. The van der Waals surface area contributed by atoms with E-state index in [2.05, 4.69) is 10.6 Å². The number of halogens is 2. The Morgan fingerprint density at radius 3 is 2.56 bits per heavy atom. The fraction of sp³-hybridized carbons (Fsp3) is 0.208. The zero-order chi connectivity index (χ0) is 24.5. The van der Waals surface area contributed by atoms with Crippen molar-refractivity contribution in [2.45, 2.75) is 30.7 Å². The summed E-state index contributed by atoms with van der Waals surface area (Å²) in [6.45, 7) is 1.86. The Bertz CT molecular complexity index is 1330. The predicted molar refractivity (Wildman–Crippen MR) is 138 cm³/mol. The van der Waals surface area contributed by atoms with Gasteiger partial charge in [-0.3, -0.25) is 4.31 Å². The Hall–Kier alpha value is -2.88. The zero-order valence-corrected chi connectivity index (χ0v) is 20.9. The first kappa shape index (κ1) is 24.3. The van der Waals surface area contributed by atoms with E-state index in [1.54, 1.807) is 37.4 Å². The van der Waals surface area contributed by atoms with Crippen LogP contribution in [-0.2, 0) is 16.4 Å². The second kappa shape index (κ2) is 9.77. The topological polar surface area (TPSA) is 70.7 Å². The van der Waals surface area contributed by atoms with Crippen LogP contribution in [-0.4, -0.2) is 26.7 Å². The van der Waals surface area contributed by atoms with Gasteiger partial charge >= 0.3 is 0 Å². The molecule has 0 saturated heterocycles. The summed E-state index contributed by atoms with van der Waals surface area (Å²) < 4.78 is 47.3. The van der Waals surface area contributed by atoms with E-state index in [-0.39, 0.29) is 21.9 Å². The molecule has 1 atom stereocenters. The number of thiocarbonyl (C=S) groups is 1. The van der Waals surface area contributed by atoms with Gasteiger partial charge in [-0.25, -0.2) is 12.8 Å². The van der Waals surface area contributed by atoms with Gasteiger partial charge in [0.1, 0.15) is 11.6 Å². The molecule has 0 unspecified atom stereocenters. The lowest BCUT2D eigenvalue weighted by Gasteiger charge is -2.36. The van der Waals surface area contributed by atoms with Gasteiger partial charge in [0.2, 0.25) is 0 Å². The molecule has 0 spiro atoms. The standard InChI is InChI=1S/C24H23ClFN3O3S2/c1-15-3-4-16-13-18(26)6-11-22(16)29(15)34(30,31)20-9-7-19(8-10-20)27-24(33)28-21-14-17(25)5-12-23(21)32-2/h5-15H,3-4H2,1-2H3,(H2,27,28,33)/t15-/m0/s1. The summed E-state index contributed by atoms with van der Waals surface area (Å²) in [7, 11) is -2.30. The van der Waals surface area contributed by atoms with E-state index in [9.17, 15) is 12.8 Å². The zero-order valence-electron chi connectivity index (χ0n) is 18.5. The van der Waals surface area contributed by atoms with Gasteiger partial charge in [-0.05, 0) is 98.2 Å². The van der Waals surface area contributed by atoms with E-state index in [1.807, 2.05) is 6.92 Å². The lowest BCUT2D eigenvalue weighted by Crippen LogP contribution is -2.42. The Labute approximate surface area is 208 Å². The minimum absolute atomic E-state index is 0.137. The smallest absolute Gasteiger partial charge is 0.264 e. The lowest BCUT2D eigenvalue weighted by molar-refractivity contribution is 0.417. The van der Waals surface area contributed by atoms with E-state index < -0.39 is 10.0 Å². The molecular formula is C24H23ClFN3O3S2. The lowest BCUT2D eigenvalue weighted by atomic mass is 9.99. The maximum atomic E-state index is 13.7. The van der Waals surface area contributed by atoms with Gasteiger partial charge in [-0.15, -0.1) is 0 Å². The van der Waals surface area contributed by atoms with Crippen molar-refractivity contribution >= 4 is 56.0 Å². The Balaban J connectivity index is 1.53. The quantitative estimate of drug-likeness (QED) is 0.413. The molecule has 34 heavy (non-hydrogen) atoms. The highest BCUT2D eigenvalue weighted by molar-refractivity contribution is 7.92. The molecule has 0 bridgehead atoms. The van der Waals surface area contributed by atoms with E-state index in [1.165, 1.54) is 34.6 Å². The highest BCUT2D eigenvalue weighted by Gasteiger charge is 2.34. The van der Waals surface area contributed by atoms with Crippen LogP contribution in [0.25, 0.3) is 0 Å². The Morgan fingerprint density at radius 2 is 1.85 bits per heavy atom. The molecule has 4 rings (SSSR count). The molecule has 0 fully saturated rings. The minimum atomic E-state index is -3.84. The number of benzene rings is 3. The van der Waals surface area contributed by atoms with Gasteiger partial charge in [0.25, 0.3) is 10.0 Å². The van der Waals surface area contributed by atoms with Crippen molar-refractivity contribution < 1.29 is 17.5 Å². The summed E-state index contributed by atoms with van der Waals surface area (Å²) in [5, 5.41) is 6.86. The highest BCUT2D eigenvalue weighted by Crippen LogP contribution is 2.36. The van der Waals surface area contributed by atoms with Crippen LogP contribution in [0.4, 0.5) is 21.5 Å². The SMILES string of the molecule is COc1ccc(Cl)cc1NC(=S)Nc1ccc(S(=O)(=O)N2c3ccc(F)cc3CC[C@@H]2C)cc1. The fourth-order valence-corrected chi connectivity index (χ4v) is 6.06. The number of hydrogen-bond acceptors (Lipinski definition) is 4. The molecule has 10 heteroatoms. The molecule has 0 radical (unpaired) electrons. The second-order valence-electron chi connectivity index (χ2n) is 7.91. The molecular weight excluding hydrogens is 497 g/mol. The van der Waals surface area contributed by atoms with Crippen LogP contribution in [0.5, 0.6) is 5.75 Å². The molecule has 1 aliphatic heterocycles. The maximum Gasteiger partial charge on any atom is 0.264 e. The largest absolute Gasteiger partial charge is 0.495 e. The molecule has 0 amide bonds. The molecule has 3 aromatic rings. The molecule has 1 heterocycles. The molecule has 0 saturated carbocycles. The van der Waals surface area contributed by atoms with Crippen LogP contribution in [0.1, 0.15) is 18.9 Å². The number of ether oxygens (including phenoxy) is 1. The number of rotatable bonds is 5. The number of fused-ring (bicyclic) bond motifs is 1. The van der Waals surface area contributed by atoms with Crippen LogP contribution in [0.15, 0.2) is 65.6 Å². The van der Waals surface area contributed by atoms with Gasteiger partial charge in [0.15, 0.2) is 5.11 Å². The number of nitrogens with one attached hydrogen (secondary N) is 2. The molecule has 178 valence electrons. The molecule has 3 aromatic carbocycles. The Kier molecular flexibility index (Phi) is 6.97. The molecule has 0 aliphatic carbocycles. The van der Waals surface area contributed by atoms with Gasteiger partial charge < -0.3 is 15.4 Å². The van der Waals surface area contributed by atoms with Gasteiger partial charge in [-0.2, -0.15) is 0 Å². The minimum Gasteiger partial charge on any atom is -0.495 e. The van der Waals surface area contributed by atoms with Crippen LogP contribution < -0.4 is 19.7 Å². The predicted octanol–water partition coefficient (Wildman–Crippen LogP) is 5.83. The first-order chi connectivity index (χ1) is 16.2. The van der Waals surface area contributed by atoms with Crippen molar-refractivity contribution in [3.05, 3.63) is 77.1 Å². The fourth-order valence-electron chi connectivity index (χ4n) is 3.94. The first-order valence-corrected chi connectivity index (χ1v) is 12.8. The van der Waals surface area contributed by atoms with Crippen LogP contribution in [0, 0.1) is 5.82 Å². The molecule has 2 N–H and O–H groups in total. The number of hydrogen-bond donors (Lipinski definition) is 2. The molecule has 6 nitrogen and oxygen atoms in total. The van der Waals surface area contributed by atoms with Crippen molar-refractivity contribution in [1.29, 1.82) is 0 Å². The summed E-state index contributed by atoms with van der Waals surface area (Å²) in [6, 6.07) is 15.4. The monoisotopic (exact) mass is 519 g/mol. The summed E-state index contributed by atoms with van der Waals surface area (Å²) in [4.78, 5) is 0.137. The van der Waals surface area contributed by atoms with Crippen molar-refractivity contribution in [1.82, 2.24) is 0 Å².